The Bertz CT molecular complexity index is 1580. The average Bonchev–Trinajstić information content (AvgIpc) is 3.27. The molecule has 0 radical (unpaired) electrons. The van der Waals surface area contributed by atoms with E-state index in [2.05, 4.69) is 30.7 Å². The topological polar surface area (TPSA) is 207 Å². The zero-order chi connectivity index (χ0) is 24.5. The van der Waals surface area contributed by atoms with Gasteiger partial charge in [-0.2, -0.15) is 13.4 Å². The standard InChI is InChI=1S/C20H14N6O7S/c27-16-14(18(28)21-11-5-3-6-12(9-11)34(31,32)33)8-10-4-1-2-7-13(10)15(16)23-25-20-22-17(19(29)30)24-26-20/h1-9,27H,(H,21,28)(H,29,30)(H,22,24,26)(H,31,32,33)/b25-23+. The molecule has 0 saturated carbocycles. The monoisotopic (exact) mass is 482 g/mol. The molecular weight excluding hydrogens is 468 g/mol. The van der Waals surface area contributed by atoms with Crippen molar-refractivity contribution in [3.05, 3.63) is 66.0 Å². The number of aromatic carboxylic acids is 1. The average molecular weight is 482 g/mol. The first-order valence-electron chi connectivity index (χ1n) is 9.34. The molecule has 172 valence electrons. The number of carboxylic acids is 1. The van der Waals surface area contributed by atoms with E-state index in [0.717, 1.165) is 12.1 Å². The molecule has 0 aliphatic heterocycles. The number of aromatic amines is 1. The number of amides is 1. The van der Waals surface area contributed by atoms with Crippen molar-refractivity contribution in [3.63, 3.8) is 0 Å². The molecule has 34 heavy (non-hydrogen) atoms. The number of hydrogen-bond acceptors (Lipinski definition) is 9. The number of phenolic OH excluding ortho intramolecular Hbond substituents is 1. The minimum absolute atomic E-state index is 0.0535. The number of benzene rings is 3. The number of carbonyl (C=O) groups excluding carboxylic acids is 1. The summed E-state index contributed by atoms with van der Waals surface area (Å²) in [5.74, 6) is -3.45. The first kappa shape index (κ1) is 22.5. The summed E-state index contributed by atoms with van der Waals surface area (Å²) in [5, 5.41) is 36.5. The maximum Gasteiger partial charge on any atom is 0.373 e. The summed E-state index contributed by atoms with van der Waals surface area (Å²) in [5.41, 5.74) is -0.250. The maximum atomic E-state index is 12.9. The summed E-state index contributed by atoms with van der Waals surface area (Å²) >= 11 is 0. The molecule has 1 amide bonds. The number of fused-ring (bicyclic) bond motifs is 1. The van der Waals surface area contributed by atoms with Gasteiger partial charge in [-0.1, -0.05) is 30.3 Å². The second-order valence-electron chi connectivity index (χ2n) is 6.79. The zero-order valence-electron chi connectivity index (χ0n) is 16.9. The number of phenols is 1. The number of H-pyrrole nitrogens is 1. The lowest BCUT2D eigenvalue weighted by molar-refractivity contribution is 0.0684. The molecule has 0 aliphatic carbocycles. The lowest BCUT2D eigenvalue weighted by Gasteiger charge is -2.11. The van der Waals surface area contributed by atoms with Crippen LogP contribution >= 0.6 is 0 Å². The molecule has 0 atom stereocenters. The Balaban J connectivity index is 1.74. The van der Waals surface area contributed by atoms with E-state index in [-0.39, 0.29) is 22.9 Å². The van der Waals surface area contributed by atoms with Gasteiger partial charge in [0.05, 0.1) is 10.5 Å². The van der Waals surface area contributed by atoms with Crippen molar-refractivity contribution in [1.29, 1.82) is 0 Å². The Kier molecular flexibility index (Phi) is 5.75. The summed E-state index contributed by atoms with van der Waals surface area (Å²) in [6, 6.07) is 13.0. The van der Waals surface area contributed by atoms with Gasteiger partial charge >= 0.3 is 5.97 Å². The first-order chi connectivity index (χ1) is 16.1. The van der Waals surface area contributed by atoms with Crippen molar-refractivity contribution in [1.82, 2.24) is 15.2 Å². The van der Waals surface area contributed by atoms with Crippen molar-refractivity contribution in [3.8, 4) is 5.75 Å². The summed E-state index contributed by atoms with van der Waals surface area (Å²) in [6.07, 6.45) is 0. The summed E-state index contributed by atoms with van der Waals surface area (Å²) < 4.78 is 31.9. The van der Waals surface area contributed by atoms with Gasteiger partial charge in [0.2, 0.25) is 5.82 Å². The SMILES string of the molecule is O=C(O)c1nc(/N=N/c2c(O)c(C(=O)Nc3cccc(S(=O)(=O)O)c3)cc3ccccc23)n[nH]1. The van der Waals surface area contributed by atoms with E-state index in [1.54, 1.807) is 24.3 Å². The number of rotatable bonds is 6. The maximum absolute atomic E-state index is 12.9. The molecule has 1 aromatic heterocycles. The lowest BCUT2D eigenvalue weighted by Crippen LogP contribution is -2.12. The van der Waals surface area contributed by atoms with Crippen molar-refractivity contribution < 1.29 is 32.8 Å². The third-order valence-corrected chi connectivity index (χ3v) is 5.39. The number of nitrogens with one attached hydrogen (secondary N) is 2. The van der Waals surface area contributed by atoms with Crippen LogP contribution < -0.4 is 5.32 Å². The Labute approximate surface area is 190 Å². The smallest absolute Gasteiger partial charge is 0.373 e. The Morgan fingerprint density at radius 1 is 1.03 bits per heavy atom. The third kappa shape index (κ3) is 4.57. The molecule has 0 fully saturated rings. The minimum Gasteiger partial charge on any atom is -0.505 e. The van der Waals surface area contributed by atoms with Crippen LogP contribution in [-0.4, -0.2) is 50.2 Å². The number of azo groups is 1. The summed E-state index contributed by atoms with van der Waals surface area (Å²) in [4.78, 5) is 27.0. The lowest BCUT2D eigenvalue weighted by atomic mass is 10.0. The molecule has 3 aromatic carbocycles. The second kappa shape index (κ2) is 8.68. The highest BCUT2D eigenvalue weighted by Gasteiger charge is 2.20. The molecule has 14 heteroatoms. The molecule has 4 aromatic rings. The molecule has 13 nitrogen and oxygen atoms in total. The first-order valence-corrected chi connectivity index (χ1v) is 10.8. The van der Waals surface area contributed by atoms with Crippen LogP contribution in [0.5, 0.6) is 5.75 Å². The molecule has 0 spiro atoms. The molecule has 0 aliphatic rings. The second-order valence-corrected chi connectivity index (χ2v) is 8.21. The van der Waals surface area contributed by atoms with E-state index >= 15 is 0 Å². The number of carboxylic acid groups (broad SMARTS) is 1. The highest BCUT2D eigenvalue weighted by Crippen LogP contribution is 2.39. The van der Waals surface area contributed by atoms with Gasteiger partial charge in [0.25, 0.3) is 22.0 Å². The van der Waals surface area contributed by atoms with Gasteiger partial charge in [-0.05, 0) is 29.7 Å². The van der Waals surface area contributed by atoms with E-state index in [0.29, 0.717) is 10.8 Å². The fourth-order valence-corrected chi connectivity index (χ4v) is 3.54. The van der Waals surface area contributed by atoms with Gasteiger partial charge in [0, 0.05) is 11.1 Å². The van der Waals surface area contributed by atoms with Gasteiger partial charge in [0.1, 0.15) is 5.69 Å². The quantitative estimate of drug-likeness (QED) is 0.201. The molecule has 4 rings (SSSR count). The molecule has 0 bridgehead atoms. The normalized spacial score (nSPS) is 11.7. The van der Waals surface area contributed by atoms with Crippen LogP contribution in [0.1, 0.15) is 21.0 Å². The van der Waals surface area contributed by atoms with Gasteiger partial charge in [-0.25, -0.2) is 4.79 Å². The Morgan fingerprint density at radius 3 is 2.50 bits per heavy atom. The van der Waals surface area contributed by atoms with Crippen molar-refractivity contribution in [2.24, 2.45) is 10.2 Å². The van der Waals surface area contributed by atoms with Gasteiger partial charge in [0.15, 0.2) is 5.75 Å². The number of aromatic hydroxyl groups is 1. The highest BCUT2D eigenvalue weighted by atomic mass is 32.2. The van der Waals surface area contributed by atoms with Gasteiger partial charge in [-0.15, -0.1) is 15.3 Å². The largest absolute Gasteiger partial charge is 0.505 e. The predicted octanol–water partition coefficient (Wildman–Crippen LogP) is 3.28. The Hall–Kier alpha value is -4.69. The van der Waals surface area contributed by atoms with Gasteiger partial charge in [-0.3, -0.25) is 14.4 Å². The Morgan fingerprint density at radius 2 is 1.79 bits per heavy atom. The zero-order valence-corrected chi connectivity index (χ0v) is 17.7. The van der Waals surface area contributed by atoms with Crippen LogP contribution in [0.15, 0.2) is 69.7 Å². The van der Waals surface area contributed by atoms with Crippen LogP contribution in [0.4, 0.5) is 17.3 Å². The third-order valence-electron chi connectivity index (χ3n) is 4.55. The van der Waals surface area contributed by atoms with E-state index in [1.165, 1.54) is 18.2 Å². The van der Waals surface area contributed by atoms with Crippen molar-refractivity contribution in [2.75, 3.05) is 5.32 Å². The van der Waals surface area contributed by atoms with Crippen LogP contribution in [0, 0.1) is 0 Å². The number of nitrogens with zero attached hydrogens (tertiary/aromatic N) is 4. The fourth-order valence-electron chi connectivity index (χ4n) is 3.01. The molecule has 1 heterocycles. The van der Waals surface area contributed by atoms with E-state index in [1.807, 2.05) is 0 Å². The van der Waals surface area contributed by atoms with E-state index in [4.69, 9.17) is 5.11 Å². The predicted molar refractivity (Wildman–Crippen MR) is 117 cm³/mol. The van der Waals surface area contributed by atoms with Crippen LogP contribution in [-0.2, 0) is 10.1 Å². The summed E-state index contributed by atoms with van der Waals surface area (Å²) in [6.45, 7) is 0. The number of anilines is 1. The molecule has 0 saturated heterocycles. The molecule has 0 unspecified atom stereocenters. The van der Waals surface area contributed by atoms with Crippen molar-refractivity contribution in [2.45, 2.75) is 4.90 Å². The van der Waals surface area contributed by atoms with Crippen LogP contribution in [0.3, 0.4) is 0 Å². The fraction of sp³-hybridized carbons (Fsp3) is 0. The van der Waals surface area contributed by atoms with E-state index in [9.17, 15) is 27.7 Å². The molecular formula is C20H14N6O7S. The summed E-state index contributed by atoms with van der Waals surface area (Å²) in [7, 11) is -4.49. The minimum atomic E-state index is -4.49. The molecule has 5 N–H and O–H groups in total. The van der Waals surface area contributed by atoms with Crippen LogP contribution in [0.25, 0.3) is 10.8 Å². The van der Waals surface area contributed by atoms with Crippen molar-refractivity contribution >= 4 is 50.1 Å². The van der Waals surface area contributed by atoms with Crippen LogP contribution in [0.2, 0.25) is 0 Å². The number of hydrogen-bond donors (Lipinski definition) is 5. The number of aromatic nitrogens is 3. The highest BCUT2D eigenvalue weighted by molar-refractivity contribution is 7.85. The van der Waals surface area contributed by atoms with Gasteiger partial charge < -0.3 is 15.5 Å². The van der Waals surface area contributed by atoms with E-state index < -0.39 is 38.5 Å². The number of carbonyl (C=O) groups is 2.